The van der Waals surface area contributed by atoms with Gasteiger partial charge in [0.15, 0.2) is 6.29 Å². The first-order valence-electron chi connectivity index (χ1n) is 5.06. The van der Waals surface area contributed by atoms with Gasteiger partial charge in [0.2, 0.25) is 0 Å². The maximum Gasteiger partial charge on any atom is 0.411 e. The minimum atomic E-state index is -0.509. The Morgan fingerprint density at radius 3 is 2.69 bits per heavy atom. The standard InChI is InChI=1S/C11H13NO4/c13-11(12-9-4-2-1-3-5-9)16-8-10-14-6-7-15-10/h1-5,10H,6-8H2,(H,12,13). The van der Waals surface area contributed by atoms with Crippen LogP contribution in [-0.4, -0.2) is 32.2 Å². The van der Waals surface area contributed by atoms with Crippen LogP contribution in [0.15, 0.2) is 30.3 Å². The molecule has 16 heavy (non-hydrogen) atoms. The van der Waals surface area contributed by atoms with Gasteiger partial charge in [0.1, 0.15) is 6.61 Å². The number of carbonyl (C=O) groups excluding carboxylic acids is 1. The summed E-state index contributed by atoms with van der Waals surface area (Å²) in [7, 11) is 0. The van der Waals surface area contributed by atoms with Crippen molar-refractivity contribution >= 4 is 11.8 Å². The molecule has 2 rings (SSSR count). The molecule has 0 bridgehead atoms. The number of carbonyl (C=O) groups is 1. The summed E-state index contributed by atoms with van der Waals surface area (Å²) in [5.41, 5.74) is 0.695. The molecule has 1 saturated heterocycles. The molecule has 0 aliphatic carbocycles. The fourth-order valence-electron chi connectivity index (χ4n) is 1.32. The van der Waals surface area contributed by atoms with Crippen molar-refractivity contribution in [3.05, 3.63) is 30.3 Å². The Morgan fingerprint density at radius 1 is 1.31 bits per heavy atom. The summed E-state index contributed by atoms with van der Waals surface area (Å²) < 4.78 is 15.2. The minimum absolute atomic E-state index is 0.110. The topological polar surface area (TPSA) is 56.8 Å². The molecular weight excluding hydrogens is 210 g/mol. The van der Waals surface area contributed by atoms with E-state index >= 15 is 0 Å². The number of amides is 1. The zero-order valence-corrected chi connectivity index (χ0v) is 8.72. The lowest BCUT2D eigenvalue weighted by atomic mass is 10.3. The molecule has 1 fully saturated rings. The molecule has 1 heterocycles. The molecule has 86 valence electrons. The van der Waals surface area contributed by atoms with Gasteiger partial charge in [0, 0.05) is 5.69 Å². The summed E-state index contributed by atoms with van der Waals surface area (Å²) in [5, 5.41) is 2.59. The highest BCUT2D eigenvalue weighted by atomic mass is 16.7. The number of hydrogen-bond donors (Lipinski definition) is 1. The summed E-state index contributed by atoms with van der Waals surface area (Å²) in [6, 6.07) is 9.10. The van der Waals surface area contributed by atoms with Crippen LogP contribution in [0.2, 0.25) is 0 Å². The first-order chi connectivity index (χ1) is 7.84. The van der Waals surface area contributed by atoms with Gasteiger partial charge in [0.25, 0.3) is 0 Å². The number of hydrogen-bond acceptors (Lipinski definition) is 4. The minimum Gasteiger partial charge on any atom is -0.444 e. The zero-order chi connectivity index (χ0) is 11.2. The maximum atomic E-state index is 11.3. The van der Waals surface area contributed by atoms with E-state index in [2.05, 4.69) is 5.32 Å². The second-order valence-corrected chi connectivity index (χ2v) is 3.26. The van der Waals surface area contributed by atoms with Crippen LogP contribution in [0, 0.1) is 0 Å². The van der Waals surface area contributed by atoms with E-state index in [1.165, 1.54) is 0 Å². The lowest BCUT2D eigenvalue weighted by molar-refractivity contribution is -0.0759. The van der Waals surface area contributed by atoms with Gasteiger partial charge in [-0.2, -0.15) is 0 Å². The number of ether oxygens (including phenoxy) is 3. The van der Waals surface area contributed by atoms with E-state index in [0.717, 1.165) is 0 Å². The van der Waals surface area contributed by atoms with Crippen LogP contribution < -0.4 is 5.32 Å². The van der Waals surface area contributed by atoms with Crippen LogP contribution in [-0.2, 0) is 14.2 Å². The third-order valence-corrected chi connectivity index (χ3v) is 2.06. The second kappa shape index (κ2) is 5.48. The third-order valence-electron chi connectivity index (χ3n) is 2.06. The number of para-hydroxylation sites is 1. The van der Waals surface area contributed by atoms with Crippen LogP contribution in [0.1, 0.15) is 0 Å². The number of nitrogens with one attached hydrogen (secondary N) is 1. The molecule has 1 aliphatic heterocycles. The van der Waals surface area contributed by atoms with Gasteiger partial charge in [-0.15, -0.1) is 0 Å². The largest absolute Gasteiger partial charge is 0.444 e. The molecule has 1 amide bonds. The van der Waals surface area contributed by atoms with Crippen molar-refractivity contribution in [2.24, 2.45) is 0 Å². The van der Waals surface area contributed by atoms with Crippen LogP contribution in [0.4, 0.5) is 10.5 Å². The van der Waals surface area contributed by atoms with Gasteiger partial charge < -0.3 is 14.2 Å². The monoisotopic (exact) mass is 223 g/mol. The summed E-state index contributed by atoms with van der Waals surface area (Å²) in [5.74, 6) is 0. The summed E-state index contributed by atoms with van der Waals surface area (Å²) in [6.45, 7) is 1.21. The molecule has 5 heteroatoms. The Bertz CT molecular complexity index is 335. The SMILES string of the molecule is O=C(Nc1ccccc1)OCC1OCCO1. The molecule has 5 nitrogen and oxygen atoms in total. The normalized spacial score (nSPS) is 16.0. The van der Waals surface area contributed by atoms with Crippen molar-refractivity contribution in [3.8, 4) is 0 Å². The van der Waals surface area contributed by atoms with E-state index in [9.17, 15) is 4.79 Å². The molecule has 0 radical (unpaired) electrons. The quantitative estimate of drug-likeness (QED) is 0.845. The Kier molecular flexibility index (Phi) is 3.74. The number of benzene rings is 1. The molecule has 1 aliphatic rings. The Hall–Kier alpha value is -1.59. The van der Waals surface area contributed by atoms with E-state index in [4.69, 9.17) is 14.2 Å². The van der Waals surface area contributed by atoms with Gasteiger partial charge in [-0.3, -0.25) is 5.32 Å². The van der Waals surface area contributed by atoms with E-state index in [-0.39, 0.29) is 6.61 Å². The van der Waals surface area contributed by atoms with E-state index in [0.29, 0.717) is 18.9 Å². The number of rotatable bonds is 3. The molecule has 0 atom stereocenters. The summed E-state index contributed by atoms with van der Waals surface area (Å²) in [6.07, 6.45) is -0.938. The third kappa shape index (κ3) is 3.22. The highest BCUT2D eigenvalue weighted by molar-refractivity contribution is 5.84. The van der Waals surface area contributed by atoms with E-state index in [1.54, 1.807) is 12.1 Å². The van der Waals surface area contributed by atoms with Gasteiger partial charge in [-0.25, -0.2) is 4.79 Å². The predicted molar refractivity (Wildman–Crippen MR) is 57.1 cm³/mol. The van der Waals surface area contributed by atoms with E-state index in [1.807, 2.05) is 18.2 Å². The van der Waals surface area contributed by atoms with Crippen LogP contribution in [0.25, 0.3) is 0 Å². The Morgan fingerprint density at radius 2 is 2.00 bits per heavy atom. The van der Waals surface area contributed by atoms with Gasteiger partial charge in [0.05, 0.1) is 13.2 Å². The smallest absolute Gasteiger partial charge is 0.411 e. The van der Waals surface area contributed by atoms with Crippen LogP contribution >= 0.6 is 0 Å². The van der Waals surface area contributed by atoms with Crippen molar-refractivity contribution < 1.29 is 19.0 Å². The molecule has 0 unspecified atom stereocenters. The van der Waals surface area contributed by atoms with Crippen LogP contribution in [0.5, 0.6) is 0 Å². The Labute approximate surface area is 93.3 Å². The van der Waals surface area contributed by atoms with Crippen molar-refractivity contribution in [2.45, 2.75) is 6.29 Å². The zero-order valence-electron chi connectivity index (χ0n) is 8.72. The average molecular weight is 223 g/mol. The predicted octanol–water partition coefficient (Wildman–Crippen LogP) is 1.61. The van der Waals surface area contributed by atoms with Gasteiger partial charge in [-0.05, 0) is 12.1 Å². The van der Waals surface area contributed by atoms with Crippen molar-refractivity contribution in [3.63, 3.8) is 0 Å². The Balaban J connectivity index is 1.72. The maximum absolute atomic E-state index is 11.3. The summed E-state index contributed by atoms with van der Waals surface area (Å²) >= 11 is 0. The van der Waals surface area contributed by atoms with Gasteiger partial charge in [-0.1, -0.05) is 18.2 Å². The lowest BCUT2D eigenvalue weighted by Gasteiger charge is -2.10. The first kappa shape index (κ1) is 10.9. The second-order valence-electron chi connectivity index (χ2n) is 3.26. The average Bonchev–Trinajstić information content (AvgIpc) is 2.81. The molecular formula is C11H13NO4. The summed E-state index contributed by atoms with van der Waals surface area (Å²) in [4.78, 5) is 11.3. The molecule has 1 aromatic carbocycles. The molecule has 0 aromatic heterocycles. The fourth-order valence-corrected chi connectivity index (χ4v) is 1.32. The van der Waals surface area contributed by atoms with Crippen molar-refractivity contribution in [2.75, 3.05) is 25.1 Å². The molecule has 0 spiro atoms. The molecule has 1 aromatic rings. The van der Waals surface area contributed by atoms with Crippen LogP contribution in [0.3, 0.4) is 0 Å². The highest BCUT2D eigenvalue weighted by Gasteiger charge is 2.17. The lowest BCUT2D eigenvalue weighted by Crippen LogP contribution is -2.22. The fraction of sp³-hybridized carbons (Fsp3) is 0.364. The molecule has 0 saturated carbocycles. The first-order valence-corrected chi connectivity index (χ1v) is 5.06. The number of anilines is 1. The van der Waals surface area contributed by atoms with Crippen molar-refractivity contribution in [1.29, 1.82) is 0 Å². The van der Waals surface area contributed by atoms with Gasteiger partial charge >= 0.3 is 6.09 Å². The van der Waals surface area contributed by atoms with E-state index < -0.39 is 12.4 Å². The highest BCUT2D eigenvalue weighted by Crippen LogP contribution is 2.07. The van der Waals surface area contributed by atoms with Crippen molar-refractivity contribution in [1.82, 2.24) is 0 Å². The molecule has 1 N–H and O–H groups in total.